The molecule has 0 atom stereocenters. The predicted molar refractivity (Wildman–Crippen MR) is 43.1 cm³/mol. The first-order chi connectivity index (χ1) is 9.10. The molecule has 0 saturated heterocycles. The number of aromatic nitrogens is 3. The number of rotatable bonds is 0. The summed E-state index contributed by atoms with van der Waals surface area (Å²) in [6, 6.07) is 0. The first-order valence-electron chi connectivity index (χ1n) is 4.33. The highest BCUT2D eigenvalue weighted by molar-refractivity contribution is 4.83. The van der Waals surface area contributed by atoms with Gasteiger partial charge < -0.3 is 0 Å². The molecule has 0 N–H and O–H groups in total. The third kappa shape index (κ3) is 2.80. The van der Waals surface area contributed by atoms with Crippen molar-refractivity contribution in [2.45, 2.75) is 18.9 Å². The highest BCUT2D eigenvalue weighted by Crippen LogP contribution is 2.23. The van der Waals surface area contributed by atoms with Gasteiger partial charge in [0.05, 0.1) is 0 Å². The summed E-state index contributed by atoms with van der Waals surface area (Å²) in [4.78, 5) is 32.7. The summed E-state index contributed by atoms with van der Waals surface area (Å²) in [6.07, 6.45) is -18.6. The fraction of sp³-hybridized carbons (Fsp3) is 0.500. The molecule has 0 saturated carbocycles. The van der Waals surface area contributed by atoms with Crippen LogP contribution in [0.15, 0.2) is 14.4 Å². The van der Waals surface area contributed by atoms with Gasteiger partial charge in [-0.2, -0.15) is 13.7 Å². The van der Waals surface area contributed by atoms with Crippen LogP contribution < -0.4 is 17.1 Å². The smallest absolute Gasteiger partial charge is 0.247 e. The SMILES string of the molecule is O=c1n(C(F)(F)F)c(=O)n(C(F)(F)F)c(=O)n1C(F)(F)F. The van der Waals surface area contributed by atoms with Gasteiger partial charge in [0.1, 0.15) is 0 Å². The van der Waals surface area contributed by atoms with Crippen molar-refractivity contribution >= 4 is 0 Å². The molecule has 0 fully saturated rings. The summed E-state index contributed by atoms with van der Waals surface area (Å²) >= 11 is 0. The second-order valence-corrected chi connectivity index (χ2v) is 3.26. The lowest BCUT2D eigenvalue weighted by Gasteiger charge is -2.17. The van der Waals surface area contributed by atoms with E-state index < -0.39 is 49.7 Å². The molecule has 1 rings (SSSR count). The normalized spacial score (nSPS) is 13.6. The molecule has 15 heteroatoms. The summed E-state index contributed by atoms with van der Waals surface area (Å²) < 4.78 is 104. The van der Waals surface area contributed by atoms with E-state index in [0.29, 0.717) is 0 Å². The van der Waals surface area contributed by atoms with Crippen molar-refractivity contribution in [3.63, 3.8) is 0 Å². The number of hydrogen-bond acceptors (Lipinski definition) is 3. The van der Waals surface area contributed by atoms with Gasteiger partial charge in [-0.1, -0.05) is 0 Å². The zero-order valence-electron chi connectivity index (χ0n) is 8.97. The molecule has 0 aliphatic carbocycles. The first kappa shape index (κ1) is 16.8. The van der Waals surface area contributed by atoms with Crippen LogP contribution in [0, 0.1) is 0 Å². The van der Waals surface area contributed by atoms with E-state index in [1.165, 1.54) is 0 Å². The fourth-order valence-corrected chi connectivity index (χ4v) is 1.20. The molecule has 1 aromatic rings. The standard InChI is InChI=1S/C6F9N3O3/c7-4(8,9)16-1(19)17(5(10,11)12)3(21)18(2(16)20)6(13,14)15. The van der Waals surface area contributed by atoms with Gasteiger partial charge in [0.15, 0.2) is 0 Å². The lowest BCUT2D eigenvalue weighted by Crippen LogP contribution is -2.62. The molecular weight excluding hydrogens is 333 g/mol. The predicted octanol–water partition coefficient (Wildman–Crippen LogP) is 0.601. The summed E-state index contributed by atoms with van der Waals surface area (Å²) in [5, 5.41) is 0. The molecular formula is C6F9N3O3. The van der Waals surface area contributed by atoms with Crippen LogP contribution in [0.25, 0.3) is 0 Å². The average molecular weight is 333 g/mol. The monoisotopic (exact) mass is 333 g/mol. The molecule has 1 aromatic heterocycles. The maximum Gasteiger partial charge on any atom is 0.496 e. The van der Waals surface area contributed by atoms with Crippen LogP contribution in [0.5, 0.6) is 0 Å². The van der Waals surface area contributed by atoms with Crippen LogP contribution in [0.2, 0.25) is 0 Å². The molecule has 0 spiro atoms. The van der Waals surface area contributed by atoms with Crippen molar-refractivity contribution < 1.29 is 39.5 Å². The molecule has 120 valence electrons. The Kier molecular flexibility index (Phi) is 3.52. The molecule has 0 aliphatic heterocycles. The quantitative estimate of drug-likeness (QED) is 0.653. The van der Waals surface area contributed by atoms with Gasteiger partial charge in [-0.25, -0.2) is 14.4 Å². The van der Waals surface area contributed by atoms with E-state index in [1.807, 2.05) is 0 Å². The summed E-state index contributed by atoms with van der Waals surface area (Å²) in [6.45, 7) is 0. The van der Waals surface area contributed by atoms with Crippen LogP contribution in [0.4, 0.5) is 39.5 Å². The Morgan fingerprint density at radius 2 is 0.619 bits per heavy atom. The Balaban J connectivity index is 4.21. The Morgan fingerprint density at radius 3 is 0.714 bits per heavy atom. The van der Waals surface area contributed by atoms with Crippen molar-refractivity contribution in [2.75, 3.05) is 0 Å². The topological polar surface area (TPSA) is 66.0 Å². The van der Waals surface area contributed by atoms with E-state index in [0.717, 1.165) is 0 Å². The largest absolute Gasteiger partial charge is 0.496 e. The van der Waals surface area contributed by atoms with Gasteiger partial charge in [0.2, 0.25) is 0 Å². The van der Waals surface area contributed by atoms with Crippen LogP contribution >= 0.6 is 0 Å². The molecule has 0 unspecified atom stereocenters. The maximum atomic E-state index is 12.3. The summed E-state index contributed by atoms with van der Waals surface area (Å²) in [5.74, 6) is 0. The van der Waals surface area contributed by atoms with E-state index in [2.05, 4.69) is 0 Å². The van der Waals surface area contributed by atoms with Crippen LogP contribution in [-0.2, 0) is 18.9 Å². The zero-order chi connectivity index (χ0) is 17.0. The Morgan fingerprint density at radius 1 is 0.476 bits per heavy atom. The van der Waals surface area contributed by atoms with E-state index >= 15 is 0 Å². The lowest BCUT2D eigenvalue weighted by molar-refractivity contribution is -0.246. The molecule has 0 bridgehead atoms. The minimum atomic E-state index is -6.21. The molecule has 0 radical (unpaired) electrons. The first-order valence-corrected chi connectivity index (χ1v) is 4.33. The van der Waals surface area contributed by atoms with Crippen LogP contribution in [-0.4, -0.2) is 13.7 Å². The molecule has 0 aliphatic rings. The highest BCUT2D eigenvalue weighted by atomic mass is 19.4. The van der Waals surface area contributed by atoms with Crippen LogP contribution in [0.3, 0.4) is 0 Å². The lowest BCUT2D eigenvalue weighted by atomic mass is 10.7. The molecule has 0 amide bonds. The minimum Gasteiger partial charge on any atom is -0.247 e. The van der Waals surface area contributed by atoms with Gasteiger partial charge in [-0.05, 0) is 0 Å². The fourth-order valence-electron chi connectivity index (χ4n) is 1.20. The Hall–Kier alpha value is -2.22. The highest BCUT2D eigenvalue weighted by Gasteiger charge is 2.47. The van der Waals surface area contributed by atoms with Crippen molar-refractivity contribution in [3.8, 4) is 0 Å². The molecule has 21 heavy (non-hydrogen) atoms. The van der Waals surface area contributed by atoms with Gasteiger partial charge in [-0.3, -0.25) is 0 Å². The van der Waals surface area contributed by atoms with Crippen molar-refractivity contribution in [1.29, 1.82) is 0 Å². The number of hydrogen-bond donors (Lipinski definition) is 0. The Labute approximate surface area is 105 Å². The van der Waals surface area contributed by atoms with Gasteiger partial charge in [0.25, 0.3) is 0 Å². The molecule has 0 aromatic carbocycles. The maximum absolute atomic E-state index is 12.3. The van der Waals surface area contributed by atoms with Gasteiger partial charge >= 0.3 is 36.0 Å². The van der Waals surface area contributed by atoms with E-state index in [4.69, 9.17) is 0 Å². The second kappa shape index (κ2) is 4.39. The second-order valence-electron chi connectivity index (χ2n) is 3.26. The summed E-state index contributed by atoms with van der Waals surface area (Å²) in [7, 11) is 0. The van der Waals surface area contributed by atoms with E-state index in [1.54, 1.807) is 0 Å². The average Bonchev–Trinajstić information content (AvgIpc) is 2.07. The zero-order valence-corrected chi connectivity index (χ0v) is 8.97. The minimum absolute atomic E-state index is 2.28. The molecule has 6 nitrogen and oxygen atoms in total. The Bertz CT molecular complexity index is 598. The molecule has 1 heterocycles. The summed E-state index contributed by atoms with van der Waals surface area (Å²) in [5.41, 5.74) is -9.94. The number of alkyl halides is 9. The van der Waals surface area contributed by atoms with Crippen molar-refractivity contribution in [1.82, 2.24) is 13.7 Å². The number of halogens is 9. The third-order valence-electron chi connectivity index (χ3n) is 1.91. The number of nitrogens with zero attached hydrogens (tertiary/aromatic N) is 3. The van der Waals surface area contributed by atoms with Gasteiger partial charge in [0, 0.05) is 0 Å². The van der Waals surface area contributed by atoms with Crippen LogP contribution in [0.1, 0.15) is 0 Å². The van der Waals surface area contributed by atoms with E-state index in [-0.39, 0.29) is 0 Å². The van der Waals surface area contributed by atoms with Crippen molar-refractivity contribution in [3.05, 3.63) is 31.5 Å². The third-order valence-corrected chi connectivity index (χ3v) is 1.91. The van der Waals surface area contributed by atoms with E-state index in [9.17, 15) is 53.9 Å². The van der Waals surface area contributed by atoms with Crippen molar-refractivity contribution in [2.24, 2.45) is 0 Å². The van der Waals surface area contributed by atoms with Gasteiger partial charge in [-0.15, -0.1) is 39.5 Å².